The van der Waals surface area contributed by atoms with E-state index in [0.717, 1.165) is 37.9 Å². The first-order chi connectivity index (χ1) is 16.7. The standard InChI is InChI=1S/C23H28ClFN6O3S/c1-4-31-22(16(2)28-35(32,33)20-10-6-9-19(24)21(20)25)26-27-23(31)34-18-8-5-7-17(15-18)30-13-11-29(3)12-14-30/h5-10,15-16,28H,4,11-14H2,1-3H3/t16-/m1/s1. The van der Waals surface area contributed by atoms with Crippen molar-refractivity contribution < 1.29 is 17.5 Å². The molecule has 188 valence electrons. The van der Waals surface area contributed by atoms with Crippen LogP contribution in [0.4, 0.5) is 10.1 Å². The fraction of sp³-hybridized carbons (Fsp3) is 0.391. The maximum atomic E-state index is 14.3. The van der Waals surface area contributed by atoms with Gasteiger partial charge >= 0.3 is 6.01 Å². The van der Waals surface area contributed by atoms with E-state index in [2.05, 4.69) is 31.8 Å². The molecule has 3 aromatic rings. The van der Waals surface area contributed by atoms with E-state index in [-0.39, 0.29) is 11.0 Å². The van der Waals surface area contributed by atoms with Crippen LogP contribution in [0.2, 0.25) is 5.02 Å². The Labute approximate surface area is 209 Å². The first-order valence-corrected chi connectivity index (χ1v) is 13.2. The van der Waals surface area contributed by atoms with Crippen LogP contribution in [0.1, 0.15) is 25.7 Å². The van der Waals surface area contributed by atoms with Crippen molar-refractivity contribution in [1.29, 1.82) is 0 Å². The summed E-state index contributed by atoms with van der Waals surface area (Å²) in [6, 6.07) is 11.0. The lowest BCUT2D eigenvalue weighted by Gasteiger charge is -2.34. The van der Waals surface area contributed by atoms with Gasteiger partial charge in [0.15, 0.2) is 11.6 Å². The van der Waals surface area contributed by atoms with Crippen molar-refractivity contribution >= 4 is 27.3 Å². The minimum atomic E-state index is -4.20. The molecule has 1 aliphatic heterocycles. The first-order valence-electron chi connectivity index (χ1n) is 11.3. The van der Waals surface area contributed by atoms with Crippen LogP contribution in [-0.4, -0.2) is 61.3 Å². The first kappa shape index (κ1) is 25.4. The van der Waals surface area contributed by atoms with Gasteiger partial charge in [-0.25, -0.2) is 17.5 Å². The third kappa shape index (κ3) is 5.58. The van der Waals surface area contributed by atoms with Crippen molar-refractivity contribution in [2.45, 2.75) is 31.3 Å². The van der Waals surface area contributed by atoms with Gasteiger partial charge in [-0.15, -0.1) is 5.10 Å². The van der Waals surface area contributed by atoms with E-state index >= 15 is 0 Å². The van der Waals surface area contributed by atoms with Gasteiger partial charge < -0.3 is 14.5 Å². The molecule has 0 bridgehead atoms. The molecule has 1 aromatic heterocycles. The fourth-order valence-corrected chi connectivity index (χ4v) is 5.48. The van der Waals surface area contributed by atoms with Crippen molar-refractivity contribution in [2.75, 3.05) is 38.1 Å². The molecule has 2 heterocycles. The quantitative estimate of drug-likeness (QED) is 0.482. The highest BCUT2D eigenvalue weighted by molar-refractivity contribution is 7.89. The number of piperazine rings is 1. The molecule has 0 amide bonds. The van der Waals surface area contributed by atoms with E-state index in [1.165, 1.54) is 12.1 Å². The summed E-state index contributed by atoms with van der Waals surface area (Å²) in [6.45, 7) is 7.76. The Kier molecular flexibility index (Phi) is 7.60. The Morgan fingerprint density at radius 3 is 2.57 bits per heavy atom. The number of halogens is 2. The summed E-state index contributed by atoms with van der Waals surface area (Å²) in [4.78, 5) is 4.06. The van der Waals surface area contributed by atoms with E-state index in [1.807, 2.05) is 31.2 Å². The molecule has 0 saturated carbocycles. The SMILES string of the molecule is CCn1c(Oc2cccc(N3CCN(C)CC3)c2)nnc1[C@@H](C)NS(=O)(=O)c1cccc(Cl)c1F. The van der Waals surface area contributed by atoms with Crippen LogP contribution in [-0.2, 0) is 16.6 Å². The van der Waals surface area contributed by atoms with Gasteiger partial charge in [0.25, 0.3) is 0 Å². The number of hydrogen-bond acceptors (Lipinski definition) is 7. The van der Waals surface area contributed by atoms with Crippen LogP contribution in [0.5, 0.6) is 11.8 Å². The van der Waals surface area contributed by atoms with Crippen LogP contribution in [0, 0.1) is 5.82 Å². The normalized spacial score (nSPS) is 15.9. The number of benzene rings is 2. The van der Waals surface area contributed by atoms with E-state index in [4.69, 9.17) is 16.3 Å². The molecular formula is C23H28ClFN6O3S. The van der Waals surface area contributed by atoms with Gasteiger partial charge in [0, 0.05) is 44.5 Å². The molecule has 1 N–H and O–H groups in total. The highest BCUT2D eigenvalue weighted by Gasteiger charge is 2.27. The Bertz CT molecular complexity index is 1290. The molecule has 2 aromatic carbocycles. The number of ether oxygens (including phenoxy) is 1. The second-order valence-electron chi connectivity index (χ2n) is 8.37. The lowest BCUT2D eigenvalue weighted by molar-refractivity contribution is 0.312. The van der Waals surface area contributed by atoms with Crippen molar-refractivity contribution in [3.63, 3.8) is 0 Å². The predicted molar refractivity (Wildman–Crippen MR) is 132 cm³/mol. The summed E-state index contributed by atoms with van der Waals surface area (Å²) in [6.07, 6.45) is 0. The second-order valence-corrected chi connectivity index (χ2v) is 10.5. The number of rotatable bonds is 8. The molecule has 12 heteroatoms. The number of nitrogens with zero attached hydrogens (tertiary/aromatic N) is 5. The second kappa shape index (κ2) is 10.5. The Balaban J connectivity index is 1.52. The van der Waals surface area contributed by atoms with Gasteiger partial charge in [-0.1, -0.05) is 28.8 Å². The van der Waals surface area contributed by atoms with Crippen LogP contribution in [0.25, 0.3) is 0 Å². The molecule has 0 spiro atoms. The third-order valence-corrected chi connectivity index (χ3v) is 7.73. The Hall–Kier alpha value is -2.73. The van der Waals surface area contributed by atoms with Crippen molar-refractivity contribution in [2.24, 2.45) is 0 Å². The fourth-order valence-electron chi connectivity index (χ4n) is 3.95. The molecule has 9 nitrogen and oxygen atoms in total. The Morgan fingerprint density at radius 1 is 1.14 bits per heavy atom. The van der Waals surface area contributed by atoms with Gasteiger partial charge in [0.2, 0.25) is 10.0 Å². The summed E-state index contributed by atoms with van der Waals surface area (Å²) in [5.41, 5.74) is 1.06. The number of hydrogen-bond donors (Lipinski definition) is 1. The summed E-state index contributed by atoms with van der Waals surface area (Å²) in [7, 11) is -2.09. The molecule has 1 fully saturated rings. The average Bonchev–Trinajstić information content (AvgIpc) is 3.23. The molecule has 35 heavy (non-hydrogen) atoms. The summed E-state index contributed by atoms with van der Waals surface area (Å²) in [5, 5.41) is 8.01. The topological polar surface area (TPSA) is 92.6 Å². The smallest absolute Gasteiger partial charge is 0.322 e. The monoisotopic (exact) mass is 522 g/mol. The number of aromatic nitrogens is 3. The molecule has 0 unspecified atom stereocenters. The molecule has 1 aliphatic rings. The summed E-state index contributed by atoms with van der Waals surface area (Å²) in [5.74, 6) is -0.0666. The van der Waals surface area contributed by atoms with E-state index < -0.39 is 26.8 Å². The lowest BCUT2D eigenvalue weighted by Crippen LogP contribution is -2.44. The zero-order valence-electron chi connectivity index (χ0n) is 19.8. The number of likely N-dealkylation sites (N-methyl/N-ethyl adjacent to an activating group) is 1. The molecular weight excluding hydrogens is 495 g/mol. The minimum absolute atomic E-state index is 0.234. The van der Waals surface area contributed by atoms with Gasteiger partial charge in [-0.3, -0.25) is 4.57 Å². The third-order valence-electron chi connectivity index (χ3n) is 5.88. The van der Waals surface area contributed by atoms with Crippen LogP contribution < -0.4 is 14.4 Å². The van der Waals surface area contributed by atoms with E-state index in [0.29, 0.717) is 18.1 Å². The van der Waals surface area contributed by atoms with Crippen molar-refractivity contribution in [3.8, 4) is 11.8 Å². The Morgan fingerprint density at radius 2 is 1.86 bits per heavy atom. The molecule has 0 aliphatic carbocycles. The highest BCUT2D eigenvalue weighted by atomic mass is 35.5. The van der Waals surface area contributed by atoms with Gasteiger partial charge in [-0.2, -0.15) is 0 Å². The van der Waals surface area contributed by atoms with Gasteiger partial charge in [0.1, 0.15) is 10.6 Å². The number of sulfonamides is 1. The number of nitrogens with one attached hydrogen (secondary N) is 1. The minimum Gasteiger partial charge on any atom is -0.424 e. The van der Waals surface area contributed by atoms with Crippen molar-refractivity contribution in [3.05, 3.63) is 59.1 Å². The molecule has 1 atom stereocenters. The largest absolute Gasteiger partial charge is 0.424 e. The van der Waals surface area contributed by atoms with E-state index in [9.17, 15) is 12.8 Å². The van der Waals surface area contributed by atoms with Crippen LogP contribution in [0.3, 0.4) is 0 Å². The predicted octanol–water partition coefficient (Wildman–Crippen LogP) is 3.67. The summed E-state index contributed by atoms with van der Waals surface area (Å²) >= 11 is 5.75. The molecule has 0 radical (unpaired) electrons. The highest BCUT2D eigenvalue weighted by Crippen LogP contribution is 2.28. The maximum absolute atomic E-state index is 14.3. The average molecular weight is 523 g/mol. The van der Waals surface area contributed by atoms with E-state index in [1.54, 1.807) is 11.5 Å². The lowest BCUT2D eigenvalue weighted by atomic mass is 10.2. The van der Waals surface area contributed by atoms with Gasteiger partial charge in [-0.05, 0) is 45.2 Å². The zero-order valence-corrected chi connectivity index (χ0v) is 21.4. The van der Waals surface area contributed by atoms with Crippen LogP contribution >= 0.6 is 11.6 Å². The van der Waals surface area contributed by atoms with Gasteiger partial charge in [0.05, 0.1) is 11.1 Å². The maximum Gasteiger partial charge on any atom is 0.322 e. The summed E-state index contributed by atoms with van der Waals surface area (Å²) < 4.78 is 50.0. The molecule has 1 saturated heterocycles. The van der Waals surface area contributed by atoms with Crippen molar-refractivity contribution in [1.82, 2.24) is 24.4 Å². The zero-order chi connectivity index (χ0) is 25.2. The number of anilines is 1. The molecule has 4 rings (SSSR count). The van der Waals surface area contributed by atoms with Crippen LogP contribution in [0.15, 0.2) is 47.4 Å².